The molecule has 0 saturated carbocycles. The van der Waals surface area contributed by atoms with Crippen LogP contribution in [0.3, 0.4) is 0 Å². The maximum atomic E-state index is 13.0. The molecular formula is C85H142O16P2. The molecule has 0 aliphatic heterocycles. The highest BCUT2D eigenvalue weighted by atomic mass is 31.2. The summed E-state index contributed by atoms with van der Waals surface area (Å²) < 4.78 is 61.1. The number of allylic oxidation sites excluding steroid dienone is 26. The second-order valence-electron chi connectivity index (χ2n) is 26.1. The van der Waals surface area contributed by atoms with Crippen LogP contribution >= 0.6 is 15.6 Å². The lowest BCUT2D eigenvalue weighted by Gasteiger charge is -2.21. The van der Waals surface area contributed by atoms with Crippen molar-refractivity contribution < 1.29 is 75.8 Å². The average molecular weight is 1480 g/mol. The zero-order valence-electron chi connectivity index (χ0n) is 64.2. The molecule has 0 aliphatic carbocycles. The molecule has 18 heteroatoms. The highest BCUT2D eigenvalue weighted by Gasteiger charge is 2.29. The molecule has 0 aromatic carbocycles. The van der Waals surface area contributed by atoms with Crippen molar-refractivity contribution in [3.63, 3.8) is 0 Å². The number of phosphoric ester groups is 2. The van der Waals surface area contributed by atoms with E-state index in [1.54, 1.807) is 0 Å². The number of rotatable bonds is 74. The first-order valence-corrected chi connectivity index (χ1v) is 42.8. The molecule has 16 nitrogen and oxygen atoms in total. The second-order valence-corrected chi connectivity index (χ2v) is 29.0. The molecule has 0 aromatic rings. The predicted molar refractivity (Wildman–Crippen MR) is 426 cm³/mol. The lowest BCUT2D eigenvalue weighted by Crippen LogP contribution is -2.30. The molecule has 0 aromatic heterocycles. The lowest BCUT2D eigenvalue weighted by molar-refractivity contribution is -0.161. The molecule has 0 aliphatic rings. The molecule has 0 amide bonds. The number of hydrogen-bond acceptors (Lipinski definition) is 14. The molecule has 0 radical (unpaired) electrons. The maximum Gasteiger partial charge on any atom is 0.472 e. The van der Waals surface area contributed by atoms with Gasteiger partial charge in [0.1, 0.15) is 25.4 Å². The number of esters is 3. The van der Waals surface area contributed by atoms with Crippen LogP contribution in [0.1, 0.15) is 303 Å². The molecule has 0 bridgehead atoms. The second kappa shape index (κ2) is 76.8. The van der Waals surface area contributed by atoms with Crippen LogP contribution in [-0.2, 0) is 55.8 Å². The number of aliphatic hydroxyl groups excluding tert-OH is 2. The Bertz CT molecular complexity index is 2500. The summed E-state index contributed by atoms with van der Waals surface area (Å²) in [6.45, 7) is 2.38. The summed E-state index contributed by atoms with van der Waals surface area (Å²) in [5.41, 5.74) is 0. The van der Waals surface area contributed by atoms with Crippen molar-refractivity contribution in [2.75, 3.05) is 39.6 Å². The van der Waals surface area contributed by atoms with Crippen molar-refractivity contribution in [2.24, 2.45) is 0 Å². The predicted octanol–water partition coefficient (Wildman–Crippen LogP) is 23.4. The zero-order valence-corrected chi connectivity index (χ0v) is 66.0. The molecule has 0 heterocycles. The van der Waals surface area contributed by atoms with Gasteiger partial charge in [0.05, 0.1) is 26.4 Å². The van der Waals surface area contributed by atoms with Crippen LogP contribution in [0.2, 0.25) is 0 Å². The third kappa shape index (κ3) is 78.1. The minimum Gasteiger partial charge on any atom is -0.463 e. The number of carbonyl (C=O) groups excluding carboxylic acids is 3. The molecule has 0 fully saturated rings. The van der Waals surface area contributed by atoms with Crippen LogP contribution in [0.4, 0.5) is 0 Å². The largest absolute Gasteiger partial charge is 0.472 e. The smallest absolute Gasteiger partial charge is 0.463 e. The van der Waals surface area contributed by atoms with Gasteiger partial charge in [-0.1, -0.05) is 294 Å². The van der Waals surface area contributed by atoms with Crippen LogP contribution in [-0.4, -0.2) is 95.9 Å². The minimum absolute atomic E-state index is 0.0761. The number of ether oxygens (including phenoxy) is 3. The number of phosphoric acid groups is 2. The van der Waals surface area contributed by atoms with E-state index in [2.05, 4.69) is 179 Å². The van der Waals surface area contributed by atoms with Gasteiger partial charge in [0, 0.05) is 19.3 Å². The first-order valence-electron chi connectivity index (χ1n) is 39.8. The first-order chi connectivity index (χ1) is 50.2. The minimum atomic E-state index is -4.95. The molecule has 5 atom stereocenters. The van der Waals surface area contributed by atoms with E-state index in [1.165, 1.54) is 70.6 Å². The van der Waals surface area contributed by atoms with Gasteiger partial charge in [0.25, 0.3) is 0 Å². The van der Waals surface area contributed by atoms with Gasteiger partial charge < -0.3 is 34.2 Å². The van der Waals surface area contributed by atoms with Crippen LogP contribution in [0.25, 0.3) is 0 Å². The van der Waals surface area contributed by atoms with E-state index in [0.717, 1.165) is 173 Å². The molecular weight excluding hydrogens is 1340 g/mol. The van der Waals surface area contributed by atoms with Gasteiger partial charge in [-0.05, 0) is 148 Å². The van der Waals surface area contributed by atoms with Crippen LogP contribution < -0.4 is 0 Å². The monoisotopic (exact) mass is 1480 g/mol. The Morgan fingerprint density at radius 2 is 0.515 bits per heavy atom. The van der Waals surface area contributed by atoms with E-state index in [0.29, 0.717) is 19.3 Å². The van der Waals surface area contributed by atoms with E-state index in [1.807, 2.05) is 0 Å². The van der Waals surface area contributed by atoms with Crippen molar-refractivity contribution >= 4 is 33.6 Å². The molecule has 4 N–H and O–H groups in total. The molecule has 103 heavy (non-hydrogen) atoms. The Balaban J connectivity index is 4.61. The van der Waals surface area contributed by atoms with Crippen molar-refractivity contribution in [1.29, 1.82) is 0 Å². The van der Waals surface area contributed by atoms with Gasteiger partial charge in [-0.15, -0.1) is 0 Å². The van der Waals surface area contributed by atoms with Crippen molar-refractivity contribution in [3.8, 4) is 0 Å². The lowest BCUT2D eigenvalue weighted by atomic mass is 10.0. The van der Waals surface area contributed by atoms with E-state index in [9.17, 15) is 43.5 Å². The quantitative estimate of drug-likeness (QED) is 0.0146. The number of aliphatic hydroxyl groups is 2. The summed E-state index contributed by atoms with van der Waals surface area (Å²) in [5, 5.41) is 20.6. The summed E-state index contributed by atoms with van der Waals surface area (Å²) in [4.78, 5) is 58.7. The summed E-state index contributed by atoms with van der Waals surface area (Å²) >= 11 is 0. The fourth-order valence-corrected chi connectivity index (χ4v) is 11.8. The SMILES string of the molecule is CC/C=C\C/C=C\C/C=C\C/C=C\C/C=C\C/C=C\CCCCCCCCC(=O)OCC(COP(=O)(O)OCC(O)COP(=O)(O)OCC(O)COC(=O)CCCCCCCCCCCCC/C=C\C/C=C\C/C=C\C/C=C\CCCCC)OC(=O)CCCCCCC/C=C\C/C=C\C/C=C\CC. The molecule has 0 saturated heterocycles. The number of carbonyl (C=O) groups is 3. The van der Waals surface area contributed by atoms with Gasteiger partial charge >= 0.3 is 33.6 Å². The Kier molecular flexibility index (Phi) is 73.2. The Labute approximate surface area is 625 Å². The highest BCUT2D eigenvalue weighted by molar-refractivity contribution is 7.47. The fraction of sp³-hybridized carbons (Fsp3) is 0.659. The normalized spacial score (nSPS) is 14.8. The van der Waals surface area contributed by atoms with E-state index in [4.69, 9.17) is 32.3 Å². The molecule has 0 spiro atoms. The van der Waals surface area contributed by atoms with Gasteiger partial charge in [-0.25, -0.2) is 9.13 Å². The van der Waals surface area contributed by atoms with Gasteiger partial charge in [-0.3, -0.25) is 32.5 Å². The first kappa shape index (κ1) is 98.2. The van der Waals surface area contributed by atoms with Gasteiger partial charge in [0.15, 0.2) is 6.10 Å². The molecule has 5 unspecified atom stereocenters. The van der Waals surface area contributed by atoms with Crippen LogP contribution in [0.15, 0.2) is 158 Å². The van der Waals surface area contributed by atoms with Crippen molar-refractivity contribution in [1.82, 2.24) is 0 Å². The van der Waals surface area contributed by atoms with Crippen LogP contribution in [0, 0.1) is 0 Å². The molecule has 0 rings (SSSR count). The summed E-state index contributed by atoms with van der Waals surface area (Å²) in [5.74, 6) is -1.62. The topological polar surface area (TPSA) is 231 Å². The van der Waals surface area contributed by atoms with E-state index < -0.39 is 91.5 Å². The molecule has 588 valence electrons. The average Bonchev–Trinajstić information content (AvgIpc) is 0.918. The van der Waals surface area contributed by atoms with E-state index >= 15 is 0 Å². The summed E-state index contributed by atoms with van der Waals surface area (Å²) in [7, 11) is -9.81. The van der Waals surface area contributed by atoms with Crippen LogP contribution in [0.5, 0.6) is 0 Å². The Morgan fingerprint density at radius 1 is 0.282 bits per heavy atom. The zero-order chi connectivity index (χ0) is 75.2. The number of unbranched alkanes of at least 4 members (excludes halogenated alkanes) is 25. The third-order valence-electron chi connectivity index (χ3n) is 16.2. The van der Waals surface area contributed by atoms with Gasteiger partial charge in [-0.2, -0.15) is 0 Å². The highest BCUT2D eigenvalue weighted by Crippen LogP contribution is 2.45. The van der Waals surface area contributed by atoms with Crippen molar-refractivity contribution in [3.05, 3.63) is 158 Å². The maximum absolute atomic E-state index is 13.0. The number of hydrogen-bond donors (Lipinski definition) is 4. The van der Waals surface area contributed by atoms with Gasteiger partial charge in [0.2, 0.25) is 0 Å². The standard InChI is InChI=1S/C85H142O16P2/c1-4-7-10-13-16-19-22-25-28-30-32-34-36-38-39-41-43-44-46-48-51-53-56-59-62-65-68-71-83(88)95-74-80(86)75-97-102(91,92)98-76-81(87)77-99-103(93,94)100-79-82(101-85(90)73-70-67-64-61-58-55-50-27-24-21-18-15-12-9-6-3)78-96-84(89)72-69-66-63-60-57-54-52-49-47-45-42-40-37-35-33-31-29-26-23-20-17-14-11-8-5-2/h8-9,11-12,16-21,25-29,32-35,38-40,42,47,49-50,80-82,86-87H,4-7,10,13-15,22-24,30-31,36-37,41,43-46,48,51-79H2,1-3H3,(H,91,92)(H,93,94)/b11-8-,12-9-,19-16-,20-17-,21-18-,28-25-,29-26-,34-32-,35-33-,39-38-,42-40-,49-47-,50-27-. The summed E-state index contributed by atoms with van der Waals surface area (Å²) in [6.07, 6.45) is 95.7. The fourth-order valence-electron chi connectivity index (χ4n) is 10.2. The van der Waals surface area contributed by atoms with E-state index in [-0.39, 0.29) is 19.3 Å². The Morgan fingerprint density at radius 3 is 0.816 bits per heavy atom. The Hall–Kier alpha value is -4.83. The van der Waals surface area contributed by atoms with Crippen molar-refractivity contribution in [2.45, 2.75) is 322 Å². The summed E-state index contributed by atoms with van der Waals surface area (Å²) in [6, 6.07) is 0. The third-order valence-corrected chi connectivity index (χ3v) is 18.1.